The maximum Gasteiger partial charge on any atom is 0.224 e. The molecule has 3 N–H and O–H groups in total. The molecule has 1 heterocycles. The van der Waals surface area contributed by atoms with Gasteiger partial charge in [0.05, 0.1) is 12.1 Å². The molecule has 0 spiro atoms. The smallest absolute Gasteiger partial charge is 0.224 e. The molecule has 1 aliphatic rings. The van der Waals surface area contributed by atoms with Gasteiger partial charge in [-0.1, -0.05) is 11.6 Å². The maximum absolute atomic E-state index is 11.6. The lowest BCUT2D eigenvalue weighted by molar-refractivity contribution is -0.116. The Bertz CT molecular complexity index is 448. The number of rotatable bonds is 3. The molecule has 1 aliphatic heterocycles. The van der Waals surface area contributed by atoms with Crippen LogP contribution >= 0.6 is 11.6 Å². The van der Waals surface area contributed by atoms with Crippen molar-refractivity contribution in [2.45, 2.75) is 18.8 Å². The van der Waals surface area contributed by atoms with E-state index in [9.17, 15) is 4.79 Å². The molecule has 0 aliphatic carbocycles. The first-order valence-electron chi connectivity index (χ1n) is 5.53. The van der Waals surface area contributed by atoms with E-state index in [0.717, 1.165) is 17.7 Å². The Morgan fingerprint density at radius 2 is 2.35 bits per heavy atom. The summed E-state index contributed by atoms with van der Waals surface area (Å²) in [7, 11) is 1.58. The van der Waals surface area contributed by atoms with Gasteiger partial charge in [0.1, 0.15) is 5.75 Å². The van der Waals surface area contributed by atoms with Crippen molar-refractivity contribution in [1.82, 2.24) is 0 Å². The van der Waals surface area contributed by atoms with Gasteiger partial charge in [-0.2, -0.15) is 0 Å². The molecule has 0 aromatic heterocycles. The number of nitrogens with one attached hydrogen (secondary N) is 1. The molecule has 0 saturated carbocycles. The molecule has 0 bridgehead atoms. The number of amides is 1. The van der Waals surface area contributed by atoms with Crippen molar-refractivity contribution in [3.05, 3.63) is 22.7 Å². The summed E-state index contributed by atoms with van der Waals surface area (Å²) in [6.45, 7) is 0.558. The van der Waals surface area contributed by atoms with Crippen molar-refractivity contribution >= 4 is 23.2 Å². The van der Waals surface area contributed by atoms with Crippen molar-refractivity contribution in [3.63, 3.8) is 0 Å². The Hall–Kier alpha value is -1.26. The summed E-state index contributed by atoms with van der Waals surface area (Å²) in [6, 6.07) is 3.62. The zero-order valence-electron chi connectivity index (χ0n) is 9.63. The number of methoxy groups -OCH3 is 1. The highest BCUT2D eigenvalue weighted by Gasteiger charge is 2.25. The van der Waals surface area contributed by atoms with Gasteiger partial charge in [-0.3, -0.25) is 4.79 Å². The quantitative estimate of drug-likeness (QED) is 0.869. The van der Waals surface area contributed by atoms with E-state index >= 15 is 0 Å². The lowest BCUT2D eigenvalue weighted by Gasteiger charge is -2.26. The molecular formula is C12H15ClN2O2. The number of nitrogens with two attached hydrogens (primary N) is 1. The van der Waals surface area contributed by atoms with Crippen molar-refractivity contribution in [2.24, 2.45) is 5.73 Å². The molecule has 0 fully saturated rings. The molecule has 1 unspecified atom stereocenters. The molecule has 1 amide bonds. The number of ether oxygens (including phenoxy) is 1. The standard InChI is InChI=1S/C12H15ClN2O2/c1-17-11-5-8-7(2-3-14)4-12(16)15-10(8)6-9(11)13/h5-7H,2-4,14H2,1H3,(H,15,16). The summed E-state index contributed by atoms with van der Waals surface area (Å²) in [4.78, 5) is 11.6. The van der Waals surface area contributed by atoms with Gasteiger partial charge in [-0.15, -0.1) is 0 Å². The zero-order chi connectivity index (χ0) is 12.4. The van der Waals surface area contributed by atoms with Gasteiger partial charge in [0.25, 0.3) is 0 Å². The lowest BCUT2D eigenvalue weighted by Crippen LogP contribution is -2.24. The number of hydrogen-bond acceptors (Lipinski definition) is 3. The fraction of sp³-hybridized carbons (Fsp3) is 0.417. The van der Waals surface area contributed by atoms with Crippen molar-refractivity contribution in [3.8, 4) is 5.75 Å². The van der Waals surface area contributed by atoms with Crippen LogP contribution in [0.25, 0.3) is 0 Å². The van der Waals surface area contributed by atoms with E-state index < -0.39 is 0 Å². The Labute approximate surface area is 105 Å². The largest absolute Gasteiger partial charge is 0.495 e. The Kier molecular flexibility index (Phi) is 3.54. The first kappa shape index (κ1) is 12.2. The molecule has 92 valence electrons. The van der Waals surface area contributed by atoms with Crippen molar-refractivity contribution in [2.75, 3.05) is 19.0 Å². The van der Waals surface area contributed by atoms with Crippen LogP contribution in [-0.4, -0.2) is 19.6 Å². The summed E-state index contributed by atoms with van der Waals surface area (Å²) in [5.41, 5.74) is 7.39. The Balaban J connectivity index is 2.44. The van der Waals surface area contributed by atoms with E-state index in [2.05, 4.69) is 5.32 Å². The highest BCUT2D eigenvalue weighted by Crippen LogP contribution is 2.40. The average Bonchev–Trinajstić information content (AvgIpc) is 2.28. The topological polar surface area (TPSA) is 64.3 Å². The van der Waals surface area contributed by atoms with Crippen LogP contribution in [0.2, 0.25) is 5.02 Å². The first-order chi connectivity index (χ1) is 8.15. The van der Waals surface area contributed by atoms with Gasteiger partial charge < -0.3 is 15.8 Å². The number of halogens is 1. The number of carbonyl (C=O) groups excluding carboxylic acids is 1. The van der Waals surface area contributed by atoms with Crippen LogP contribution in [0.5, 0.6) is 5.75 Å². The van der Waals surface area contributed by atoms with Crippen LogP contribution < -0.4 is 15.8 Å². The summed E-state index contributed by atoms with van der Waals surface area (Å²) in [5, 5.41) is 3.32. The number of anilines is 1. The van der Waals surface area contributed by atoms with E-state index in [1.807, 2.05) is 6.07 Å². The molecule has 5 heteroatoms. The molecule has 0 radical (unpaired) electrons. The van der Waals surface area contributed by atoms with Gasteiger partial charge in [-0.05, 0) is 36.6 Å². The maximum atomic E-state index is 11.6. The number of carbonyl (C=O) groups is 1. The van der Waals surface area contributed by atoms with E-state index in [-0.39, 0.29) is 11.8 Å². The zero-order valence-corrected chi connectivity index (χ0v) is 10.4. The minimum Gasteiger partial charge on any atom is -0.495 e. The molecule has 4 nitrogen and oxygen atoms in total. The van der Waals surface area contributed by atoms with Crippen molar-refractivity contribution < 1.29 is 9.53 Å². The summed E-state index contributed by atoms with van der Waals surface area (Å²) >= 11 is 6.03. The molecule has 0 saturated heterocycles. The number of benzene rings is 1. The van der Waals surface area contributed by atoms with Crippen molar-refractivity contribution in [1.29, 1.82) is 0 Å². The highest BCUT2D eigenvalue weighted by molar-refractivity contribution is 6.32. The van der Waals surface area contributed by atoms with Gasteiger partial charge in [0.2, 0.25) is 5.91 Å². The van der Waals surface area contributed by atoms with Gasteiger partial charge in [0.15, 0.2) is 0 Å². The SMILES string of the molecule is COc1cc2c(cc1Cl)NC(=O)CC2CCN. The predicted molar refractivity (Wildman–Crippen MR) is 67.7 cm³/mol. The van der Waals surface area contributed by atoms with E-state index in [1.54, 1.807) is 13.2 Å². The van der Waals surface area contributed by atoms with Gasteiger partial charge >= 0.3 is 0 Å². The monoisotopic (exact) mass is 254 g/mol. The van der Waals surface area contributed by atoms with E-state index in [1.165, 1.54) is 0 Å². The van der Waals surface area contributed by atoms with Crippen LogP contribution in [0.3, 0.4) is 0 Å². The fourth-order valence-corrected chi connectivity index (χ4v) is 2.41. The average molecular weight is 255 g/mol. The van der Waals surface area contributed by atoms with Crippen LogP contribution in [0.1, 0.15) is 24.3 Å². The second-order valence-electron chi connectivity index (χ2n) is 4.10. The second kappa shape index (κ2) is 4.94. The third-order valence-corrected chi connectivity index (χ3v) is 3.28. The molecule has 1 aromatic rings. The fourth-order valence-electron chi connectivity index (χ4n) is 2.17. The predicted octanol–water partition coefficient (Wildman–Crippen LogP) is 2.12. The Morgan fingerprint density at radius 1 is 1.59 bits per heavy atom. The molecule has 17 heavy (non-hydrogen) atoms. The summed E-state index contributed by atoms with van der Waals surface area (Å²) in [5.74, 6) is 0.788. The number of hydrogen-bond donors (Lipinski definition) is 2. The van der Waals surface area contributed by atoms with Crippen LogP contribution in [0.4, 0.5) is 5.69 Å². The lowest BCUT2D eigenvalue weighted by atomic mass is 9.88. The summed E-state index contributed by atoms with van der Waals surface area (Å²) < 4.78 is 5.19. The molecule has 1 aromatic carbocycles. The minimum absolute atomic E-state index is 0.0113. The molecule has 1 atom stereocenters. The van der Waals surface area contributed by atoms with E-state index in [0.29, 0.717) is 23.7 Å². The van der Waals surface area contributed by atoms with Gasteiger partial charge in [0, 0.05) is 12.1 Å². The Morgan fingerprint density at radius 3 is 3.00 bits per heavy atom. The van der Waals surface area contributed by atoms with Crippen LogP contribution in [0.15, 0.2) is 12.1 Å². The van der Waals surface area contributed by atoms with Crippen LogP contribution in [0, 0.1) is 0 Å². The second-order valence-corrected chi connectivity index (χ2v) is 4.51. The molecule has 2 rings (SSSR count). The minimum atomic E-state index is 0.0113. The van der Waals surface area contributed by atoms with Gasteiger partial charge in [-0.25, -0.2) is 0 Å². The summed E-state index contributed by atoms with van der Waals surface area (Å²) in [6.07, 6.45) is 1.25. The highest BCUT2D eigenvalue weighted by atomic mass is 35.5. The normalized spacial score (nSPS) is 18.5. The molecular weight excluding hydrogens is 240 g/mol. The first-order valence-corrected chi connectivity index (χ1v) is 5.91. The van der Waals surface area contributed by atoms with Crippen LogP contribution in [-0.2, 0) is 4.79 Å². The van der Waals surface area contributed by atoms with E-state index in [4.69, 9.17) is 22.1 Å². The third kappa shape index (κ3) is 2.37. The third-order valence-electron chi connectivity index (χ3n) is 2.98. The number of fused-ring (bicyclic) bond motifs is 1.